The Hall–Kier alpha value is -2.33. The predicted molar refractivity (Wildman–Crippen MR) is 107 cm³/mol. The maximum atomic E-state index is 12.4. The maximum Gasteiger partial charge on any atom is 0.344 e. The van der Waals surface area contributed by atoms with E-state index in [2.05, 4.69) is 6.92 Å². The number of esters is 2. The summed E-state index contributed by atoms with van der Waals surface area (Å²) in [5, 5.41) is 0.550. The first kappa shape index (κ1) is 21.0. The lowest BCUT2D eigenvalue weighted by atomic mass is 10.1. The second-order valence-electron chi connectivity index (χ2n) is 6.29. The number of rotatable bonds is 10. The summed E-state index contributed by atoms with van der Waals surface area (Å²) in [7, 11) is 0. The first-order valence-corrected chi connectivity index (χ1v) is 9.73. The molecule has 0 aliphatic rings. The van der Waals surface area contributed by atoms with Crippen LogP contribution in [0.5, 0.6) is 5.75 Å². The van der Waals surface area contributed by atoms with Crippen LogP contribution in [0.3, 0.4) is 0 Å². The highest BCUT2D eigenvalue weighted by atomic mass is 35.5. The summed E-state index contributed by atoms with van der Waals surface area (Å²) in [5.74, 6) is -0.753. The third-order valence-electron chi connectivity index (χ3n) is 4.12. The average Bonchev–Trinajstić information content (AvgIpc) is 2.69. The molecule has 0 aliphatic heterocycles. The minimum Gasteiger partial charge on any atom is -0.462 e. The largest absolute Gasteiger partial charge is 0.462 e. The average molecular weight is 389 g/mol. The normalized spacial score (nSPS) is 10.4. The van der Waals surface area contributed by atoms with E-state index in [9.17, 15) is 9.59 Å². The van der Waals surface area contributed by atoms with E-state index in [0.717, 1.165) is 19.3 Å². The van der Waals surface area contributed by atoms with E-state index >= 15 is 0 Å². The lowest BCUT2D eigenvalue weighted by molar-refractivity contribution is 0.0489. The Bertz CT molecular complexity index is 740. The van der Waals surface area contributed by atoms with Crippen molar-refractivity contribution in [2.75, 3.05) is 6.61 Å². The van der Waals surface area contributed by atoms with Gasteiger partial charge in [-0.25, -0.2) is 9.59 Å². The van der Waals surface area contributed by atoms with Crippen LogP contribution in [0.2, 0.25) is 5.02 Å². The first-order valence-electron chi connectivity index (χ1n) is 9.35. The molecule has 27 heavy (non-hydrogen) atoms. The van der Waals surface area contributed by atoms with Gasteiger partial charge in [0, 0.05) is 5.02 Å². The van der Waals surface area contributed by atoms with Crippen molar-refractivity contribution < 1.29 is 19.1 Å². The van der Waals surface area contributed by atoms with Gasteiger partial charge in [-0.3, -0.25) is 0 Å². The molecule has 0 unspecified atom stereocenters. The fourth-order valence-corrected chi connectivity index (χ4v) is 2.75. The van der Waals surface area contributed by atoms with Crippen molar-refractivity contribution in [3.05, 3.63) is 64.7 Å². The fraction of sp³-hybridized carbons (Fsp3) is 0.364. The molecule has 0 amide bonds. The molecule has 2 rings (SSSR count). The van der Waals surface area contributed by atoms with Crippen LogP contribution in [0.1, 0.15) is 66.2 Å². The fourth-order valence-electron chi connectivity index (χ4n) is 2.63. The third kappa shape index (κ3) is 7.06. The lowest BCUT2D eigenvalue weighted by Gasteiger charge is -2.10. The van der Waals surface area contributed by atoms with E-state index in [1.54, 1.807) is 48.5 Å². The molecular formula is C22H25ClO4. The number of benzene rings is 2. The van der Waals surface area contributed by atoms with Crippen molar-refractivity contribution in [2.45, 2.75) is 45.4 Å². The maximum absolute atomic E-state index is 12.4. The minimum atomic E-state index is -0.607. The van der Waals surface area contributed by atoms with Crippen LogP contribution < -0.4 is 4.74 Å². The highest BCUT2D eigenvalue weighted by molar-refractivity contribution is 6.30. The lowest BCUT2D eigenvalue weighted by Crippen LogP contribution is -2.16. The van der Waals surface area contributed by atoms with Gasteiger partial charge in [-0.15, -0.1) is 0 Å². The minimum absolute atomic E-state index is 0.181. The predicted octanol–water partition coefficient (Wildman–Crippen LogP) is 6.08. The van der Waals surface area contributed by atoms with E-state index < -0.39 is 11.9 Å². The number of carbonyl (C=O) groups excluding carboxylic acids is 2. The molecule has 0 N–H and O–H groups in total. The Labute approximate surface area is 165 Å². The van der Waals surface area contributed by atoms with Gasteiger partial charge in [-0.05, 0) is 42.8 Å². The van der Waals surface area contributed by atoms with E-state index in [1.165, 1.54) is 19.3 Å². The quantitative estimate of drug-likeness (QED) is 0.281. The van der Waals surface area contributed by atoms with Crippen molar-refractivity contribution in [1.29, 1.82) is 0 Å². The highest BCUT2D eigenvalue weighted by Crippen LogP contribution is 2.19. The van der Waals surface area contributed by atoms with Crippen LogP contribution in [0, 0.1) is 0 Å². The van der Waals surface area contributed by atoms with Gasteiger partial charge in [0.2, 0.25) is 0 Å². The monoisotopic (exact) mass is 388 g/mol. The Morgan fingerprint density at radius 3 is 2.07 bits per heavy atom. The molecule has 0 radical (unpaired) electrons. The van der Waals surface area contributed by atoms with Gasteiger partial charge in [-0.2, -0.15) is 0 Å². The SMILES string of the molecule is CCCCCCCCOC(=O)c1ccccc1C(=O)Oc1ccc(Cl)cc1. The molecule has 0 saturated heterocycles. The van der Waals surface area contributed by atoms with E-state index in [4.69, 9.17) is 21.1 Å². The summed E-state index contributed by atoms with van der Waals surface area (Å²) in [5.41, 5.74) is 0.392. The summed E-state index contributed by atoms with van der Waals surface area (Å²) >= 11 is 5.83. The van der Waals surface area contributed by atoms with Crippen molar-refractivity contribution in [3.63, 3.8) is 0 Å². The molecule has 2 aromatic carbocycles. The van der Waals surface area contributed by atoms with Gasteiger partial charge >= 0.3 is 11.9 Å². The van der Waals surface area contributed by atoms with Crippen molar-refractivity contribution in [2.24, 2.45) is 0 Å². The summed E-state index contributed by atoms with van der Waals surface area (Å²) in [4.78, 5) is 24.8. The Balaban J connectivity index is 1.90. The molecule has 0 saturated carbocycles. The van der Waals surface area contributed by atoms with Crippen LogP contribution >= 0.6 is 11.6 Å². The number of hydrogen-bond acceptors (Lipinski definition) is 4. The molecule has 0 aliphatic carbocycles. The van der Waals surface area contributed by atoms with Crippen molar-refractivity contribution in [1.82, 2.24) is 0 Å². The van der Waals surface area contributed by atoms with Crippen LogP contribution in [-0.2, 0) is 4.74 Å². The third-order valence-corrected chi connectivity index (χ3v) is 4.37. The molecule has 2 aromatic rings. The zero-order valence-corrected chi connectivity index (χ0v) is 16.3. The standard InChI is InChI=1S/C22H25ClO4/c1-2-3-4-5-6-9-16-26-21(24)19-10-7-8-11-20(19)22(25)27-18-14-12-17(23)13-15-18/h7-8,10-15H,2-6,9,16H2,1H3. The van der Waals surface area contributed by atoms with E-state index in [-0.39, 0.29) is 11.1 Å². The molecule has 0 atom stereocenters. The van der Waals surface area contributed by atoms with Crippen LogP contribution in [0.4, 0.5) is 0 Å². The molecule has 5 heteroatoms. The van der Waals surface area contributed by atoms with E-state index in [1.807, 2.05) is 0 Å². The Morgan fingerprint density at radius 2 is 1.41 bits per heavy atom. The topological polar surface area (TPSA) is 52.6 Å². The van der Waals surface area contributed by atoms with Crippen LogP contribution in [0.25, 0.3) is 0 Å². The summed E-state index contributed by atoms with van der Waals surface area (Å²) < 4.78 is 10.6. The van der Waals surface area contributed by atoms with Gasteiger partial charge in [0.1, 0.15) is 5.75 Å². The molecule has 0 aromatic heterocycles. The van der Waals surface area contributed by atoms with E-state index in [0.29, 0.717) is 17.4 Å². The summed E-state index contributed by atoms with van der Waals surface area (Å²) in [6.07, 6.45) is 6.67. The number of halogens is 1. The van der Waals surface area contributed by atoms with Crippen molar-refractivity contribution in [3.8, 4) is 5.75 Å². The summed E-state index contributed by atoms with van der Waals surface area (Å²) in [6, 6.07) is 13.0. The molecule has 0 bridgehead atoms. The number of carbonyl (C=O) groups is 2. The van der Waals surface area contributed by atoms with Crippen LogP contribution in [-0.4, -0.2) is 18.5 Å². The van der Waals surface area contributed by atoms with Gasteiger partial charge < -0.3 is 9.47 Å². The smallest absolute Gasteiger partial charge is 0.344 e. The van der Waals surface area contributed by atoms with Gasteiger partial charge in [0.25, 0.3) is 0 Å². The van der Waals surface area contributed by atoms with Gasteiger partial charge in [0.05, 0.1) is 17.7 Å². The number of ether oxygens (including phenoxy) is 2. The second kappa shape index (κ2) is 11.4. The van der Waals surface area contributed by atoms with Crippen LogP contribution in [0.15, 0.2) is 48.5 Å². The number of unbranched alkanes of at least 4 members (excludes halogenated alkanes) is 5. The number of hydrogen-bond donors (Lipinski definition) is 0. The molecule has 0 fully saturated rings. The Morgan fingerprint density at radius 1 is 0.815 bits per heavy atom. The highest BCUT2D eigenvalue weighted by Gasteiger charge is 2.19. The van der Waals surface area contributed by atoms with Gasteiger partial charge in [-0.1, -0.05) is 62.8 Å². The summed E-state index contributed by atoms with van der Waals surface area (Å²) in [6.45, 7) is 2.53. The zero-order chi connectivity index (χ0) is 19.5. The molecular weight excluding hydrogens is 364 g/mol. The molecule has 144 valence electrons. The molecule has 0 heterocycles. The molecule has 4 nitrogen and oxygen atoms in total. The molecule has 0 spiro atoms. The second-order valence-corrected chi connectivity index (χ2v) is 6.73. The zero-order valence-electron chi connectivity index (χ0n) is 15.6. The first-order chi connectivity index (χ1) is 13.1. The van der Waals surface area contributed by atoms with Crippen molar-refractivity contribution >= 4 is 23.5 Å². The Kier molecular flexibility index (Phi) is 8.85. The van der Waals surface area contributed by atoms with Gasteiger partial charge in [0.15, 0.2) is 0 Å².